The minimum Gasteiger partial charge on any atom is -0.380 e. The SMILES string of the molecule is CC.CCOCCN(CC(N)=O)C(=O)CC. The Morgan fingerprint density at radius 3 is 2.19 bits per heavy atom. The quantitative estimate of drug-likeness (QED) is 0.659. The molecule has 5 nitrogen and oxygen atoms in total. The number of hydrogen-bond acceptors (Lipinski definition) is 3. The normalized spacial score (nSPS) is 9.00. The van der Waals surface area contributed by atoms with Crippen molar-refractivity contribution in [1.29, 1.82) is 0 Å². The summed E-state index contributed by atoms with van der Waals surface area (Å²) in [5.74, 6) is -0.577. The number of primary amides is 1. The Morgan fingerprint density at radius 2 is 1.81 bits per heavy atom. The maximum Gasteiger partial charge on any atom is 0.237 e. The van der Waals surface area contributed by atoms with Gasteiger partial charge in [-0.3, -0.25) is 9.59 Å². The van der Waals surface area contributed by atoms with Crippen LogP contribution < -0.4 is 5.73 Å². The summed E-state index contributed by atoms with van der Waals surface area (Å²) in [6, 6.07) is 0. The lowest BCUT2D eigenvalue weighted by atomic mass is 10.3. The summed E-state index contributed by atoms with van der Waals surface area (Å²) in [6.07, 6.45) is 0.374. The lowest BCUT2D eigenvalue weighted by molar-refractivity contribution is -0.135. The molecule has 0 radical (unpaired) electrons. The maximum atomic E-state index is 11.3. The van der Waals surface area contributed by atoms with Crippen LogP contribution in [0.3, 0.4) is 0 Å². The molecule has 16 heavy (non-hydrogen) atoms. The molecular weight excluding hydrogens is 208 g/mol. The van der Waals surface area contributed by atoms with Gasteiger partial charge in [-0.05, 0) is 6.92 Å². The zero-order valence-corrected chi connectivity index (χ0v) is 10.8. The van der Waals surface area contributed by atoms with Crippen LogP contribution in [0.5, 0.6) is 0 Å². The molecule has 0 heterocycles. The van der Waals surface area contributed by atoms with Gasteiger partial charge in [0.2, 0.25) is 11.8 Å². The summed E-state index contributed by atoms with van der Waals surface area (Å²) in [5.41, 5.74) is 5.02. The fraction of sp³-hybridized carbons (Fsp3) is 0.818. The van der Waals surface area contributed by atoms with Crippen molar-refractivity contribution >= 4 is 11.8 Å². The molecule has 2 amide bonds. The molecule has 96 valence electrons. The van der Waals surface area contributed by atoms with E-state index in [1.165, 1.54) is 4.90 Å². The van der Waals surface area contributed by atoms with Gasteiger partial charge in [0.05, 0.1) is 13.2 Å². The number of nitrogens with zero attached hydrogens (tertiary/aromatic N) is 1. The van der Waals surface area contributed by atoms with Crippen molar-refractivity contribution in [1.82, 2.24) is 4.90 Å². The molecule has 0 aromatic heterocycles. The molecule has 0 spiro atoms. The molecule has 0 unspecified atom stereocenters. The van der Waals surface area contributed by atoms with E-state index in [4.69, 9.17) is 10.5 Å². The number of carbonyl (C=O) groups is 2. The van der Waals surface area contributed by atoms with E-state index in [-0.39, 0.29) is 12.5 Å². The third-order valence-electron chi connectivity index (χ3n) is 1.71. The topological polar surface area (TPSA) is 72.6 Å². The molecule has 0 saturated heterocycles. The minimum absolute atomic E-state index is 0.0280. The average Bonchev–Trinajstić information content (AvgIpc) is 2.29. The van der Waals surface area contributed by atoms with E-state index in [9.17, 15) is 9.59 Å². The Balaban J connectivity index is 0. The second kappa shape index (κ2) is 12.0. The summed E-state index contributed by atoms with van der Waals surface area (Å²) in [7, 11) is 0. The van der Waals surface area contributed by atoms with Gasteiger partial charge in [-0.1, -0.05) is 20.8 Å². The fourth-order valence-corrected chi connectivity index (χ4v) is 1.02. The Morgan fingerprint density at radius 1 is 1.25 bits per heavy atom. The molecule has 0 aromatic carbocycles. The summed E-state index contributed by atoms with van der Waals surface area (Å²) in [5, 5.41) is 0. The Bertz CT molecular complexity index is 196. The van der Waals surface area contributed by atoms with Crippen LogP contribution in [0.25, 0.3) is 0 Å². The molecule has 5 heteroatoms. The molecular formula is C11H24N2O3. The molecule has 0 aliphatic heterocycles. The molecule has 0 rings (SSSR count). The first kappa shape index (κ1) is 17.3. The van der Waals surface area contributed by atoms with Gasteiger partial charge in [-0.2, -0.15) is 0 Å². The van der Waals surface area contributed by atoms with Crippen LogP contribution >= 0.6 is 0 Å². The molecule has 0 aliphatic carbocycles. The van der Waals surface area contributed by atoms with E-state index >= 15 is 0 Å². The molecule has 0 saturated carbocycles. The molecule has 0 fully saturated rings. The second-order valence-electron chi connectivity index (χ2n) is 2.83. The average molecular weight is 232 g/mol. The highest BCUT2D eigenvalue weighted by Crippen LogP contribution is 1.93. The lowest BCUT2D eigenvalue weighted by Gasteiger charge is -2.20. The maximum absolute atomic E-state index is 11.3. The first-order valence-electron chi connectivity index (χ1n) is 5.75. The third kappa shape index (κ3) is 9.45. The lowest BCUT2D eigenvalue weighted by Crippen LogP contribution is -2.40. The van der Waals surface area contributed by atoms with Gasteiger partial charge >= 0.3 is 0 Å². The smallest absolute Gasteiger partial charge is 0.237 e. The summed E-state index contributed by atoms with van der Waals surface area (Å²) >= 11 is 0. The highest BCUT2D eigenvalue weighted by molar-refractivity contribution is 5.83. The van der Waals surface area contributed by atoms with Crippen molar-refractivity contribution in [2.24, 2.45) is 5.73 Å². The number of nitrogens with two attached hydrogens (primary N) is 1. The molecule has 0 aromatic rings. The van der Waals surface area contributed by atoms with Crippen LogP contribution in [0.2, 0.25) is 0 Å². The van der Waals surface area contributed by atoms with E-state index in [1.54, 1.807) is 6.92 Å². The van der Waals surface area contributed by atoms with Crippen LogP contribution in [0.15, 0.2) is 0 Å². The van der Waals surface area contributed by atoms with Gasteiger partial charge in [-0.25, -0.2) is 0 Å². The number of hydrogen-bond donors (Lipinski definition) is 1. The second-order valence-corrected chi connectivity index (χ2v) is 2.83. The number of amides is 2. The molecule has 0 bridgehead atoms. The zero-order valence-electron chi connectivity index (χ0n) is 10.8. The van der Waals surface area contributed by atoms with Gasteiger partial charge in [0.1, 0.15) is 0 Å². The van der Waals surface area contributed by atoms with Crippen LogP contribution in [0.1, 0.15) is 34.1 Å². The van der Waals surface area contributed by atoms with Crippen molar-refractivity contribution < 1.29 is 14.3 Å². The first-order chi connectivity index (χ1) is 7.61. The number of ether oxygens (including phenoxy) is 1. The van der Waals surface area contributed by atoms with Gasteiger partial charge in [-0.15, -0.1) is 0 Å². The van der Waals surface area contributed by atoms with Crippen LogP contribution in [0.4, 0.5) is 0 Å². The van der Waals surface area contributed by atoms with Crippen molar-refractivity contribution in [2.75, 3.05) is 26.3 Å². The number of carbonyl (C=O) groups excluding carboxylic acids is 2. The Kier molecular flexibility index (Phi) is 12.9. The Hall–Kier alpha value is -1.10. The van der Waals surface area contributed by atoms with E-state index in [2.05, 4.69) is 0 Å². The standard InChI is InChI=1S/C9H18N2O3.C2H6/c1-3-9(13)11(7-8(10)12)5-6-14-4-2;1-2/h3-7H2,1-2H3,(H2,10,12);1-2H3. The zero-order chi connectivity index (χ0) is 13.0. The number of rotatable bonds is 7. The van der Waals surface area contributed by atoms with Crippen LogP contribution in [0, 0.1) is 0 Å². The highest BCUT2D eigenvalue weighted by atomic mass is 16.5. The van der Waals surface area contributed by atoms with E-state index in [0.29, 0.717) is 26.2 Å². The monoisotopic (exact) mass is 232 g/mol. The minimum atomic E-state index is -0.497. The molecule has 2 N–H and O–H groups in total. The van der Waals surface area contributed by atoms with E-state index in [0.717, 1.165) is 0 Å². The predicted molar refractivity (Wildman–Crippen MR) is 63.9 cm³/mol. The van der Waals surface area contributed by atoms with Gasteiger partial charge in [0, 0.05) is 19.6 Å². The van der Waals surface area contributed by atoms with Gasteiger partial charge in [0.25, 0.3) is 0 Å². The van der Waals surface area contributed by atoms with Crippen LogP contribution in [-0.2, 0) is 14.3 Å². The summed E-state index contributed by atoms with van der Waals surface area (Å²) < 4.78 is 5.09. The van der Waals surface area contributed by atoms with E-state index < -0.39 is 5.91 Å². The van der Waals surface area contributed by atoms with Crippen molar-refractivity contribution in [3.8, 4) is 0 Å². The Labute approximate surface area is 97.9 Å². The van der Waals surface area contributed by atoms with Gasteiger partial charge in [0.15, 0.2) is 0 Å². The van der Waals surface area contributed by atoms with Crippen molar-refractivity contribution in [3.05, 3.63) is 0 Å². The van der Waals surface area contributed by atoms with Crippen molar-refractivity contribution in [2.45, 2.75) is 34.1 Å². The first-order valence-corrected chi connectivity index (χ1v) is 5.75. The highest BCUT2D eigenvalue weighted by Gasteiger charge is 2.12. The van der Waals surface area contributed by atoms with Gasteiger partial charge < -0.3 is 15.4 Å². The molecule has 0 aliphatic rings. The predicted octanol–water partition coefficient (Wildman–Crippen LogP) is 0.773. The largest absolute Gasteiger partial charge is 0.380 e. The van der Waals surface area contributed by atoms with Crippen LogP contribution in [-0.4, -0.2) is 43.0 Å². The fourth-order valence-electron chi connectivity index (χ4n) is 1.02. The summed E-state index contributed by atoms with van der Waals surface area (Å²) in [6.45, 7) is 9.06. The van der Waals surface area contributed by atoms with Crippen molar-refractivity contribution in [3.63, 3.8) is 0 Å². The van der Waals surface area contributed by atoms with E-state index in [1.807, 2.05) is 20.8 Å². The summed E-state index contributed by atoms with van der Waals surface area (Å²) in [4.78, 5) is 23.4. The molecule has 0 atom stereocenters. The third-order valence-corrected chi connectivity index (χ3v) is 1.71.